The van der Waals surface area contributed by atoms with Gasteiger partial charge in [0.05, 0.1) is 6.61 Å². The summed E-state index contributed by atoms with van der Waals surface area (Å²) in [6, 6.07) is 3.73. The van der Waals surface area contributed by atoms with E-state index in [9.17, 15) is 19.5 Å². The molecule has 0 unspecified atom stereocenters. The Hall–Kier alpha value is -3.39. The van der Waals surface area contributed by atoms with Crippen molar-refractivity contribution in [3.8, 4) is 11.5 Å². The largest absolute Gasteiger partial charge is 0.508 e. The Balaban J connectivity index is 0.000000268. The van der Waals surface area contributed by atoms with Crippen molar-refractivity contribution >= 4 is 18.7 Å². The summed E-state index contributed by atoms with van der Waals surface area (Å²) in [5.74, 6) is 0.930. The number of aromatic hydroxyl groups is 1. The minimum atomic E-state index is -0.546. The third-order valence-corrected chi connectivity index (χ3v) is 5.05. The molecule has 1 aliphatic heterocycles. The van der Waals surface area contributed by atoms with Crippen molar-refractivity contribution in [3.63, 3.8) is 0 Å². The lowest BCUT2D eigenvalue weighted by Gasteiger charge is -2.14. The first kappa shape index (κ1) is 27.6. The zero-order valence-electron chi connectivity index (χ0n) is 20.0. The predicted molar refractivity (Wildman–Crippen MR) is 124 cm³/mol. The number of phenols is 1. The summed E-state index contributed by atoms with van der Waals surface area (Å²) in [5, 5.41) is 18.2. The Morgan fingerprint density at radius 3 is 1.76 bits per heavy atom. The van der Waals surface area contributed by atoms with Crippen LogP contribution in [0.2, 0.25) is 0 Å². The van der Waals surface area contributed by atoms with Gasteiger partial charge in [0, 0.05) is 22.3 Å². The predicted octanol–water partition coefficient (Wildman–Crippen LogP) is 4.08. The van der Waals surface area contributed by atoms with Gasteiger partial charge in [-0.3, -0.25) is 9.59 Å². The fourth-order valence-corrected chi connectivity index (χ4v) is 3.40. The van der Waals surface area contributed by atoms with Crippen LogP contribution in [-0.2, 0) is 9.47 Å². The number of ether oxygens (including phenoxy) is 3. The highest BCUT2D eigenvalue weighted by molar-refractivity contribution is 5.82. The Bertz CT molecular complexity index is 987. The molecule has 0 amide bonds. The SMILES string of the molecule is Cc1cc(C)c(C=O)c(C)c1O.Cc1cc(C)c(OCCO)c(C)c1C=O.O=C1OCCO1. The van der Waals surface area contributed by atoms with Crippen LogP contribution in [0.1, 0.15) is 54.1 Å². The highest BCUT2D eigenvalue weighted by Crippen LogP contribution is 2.28. The van der Waals surface area contributed by atoms with Crippen LogP contribution in [-0.4, -0.2) is 55.4 Å². The number of phenolic OH excluding ortho intramolecular Hbond substituents is 1. The Morgan fingerprint density at radius 2 is 1.33 bits per heavy atom. The summed E-state index contributed by atoms with van der Waals surface area (Å²) in [6.45, 7) is 12.2. The molecule has 0 spiro atoms. The minimum Gasteiger partial charge on any atom is -0.507 e. The monoisotopic (exact) mass is 460 g/mol. The number of carbonyl (C=O) groups is 3. The number of hydrogen-bond acceptors (Lipinski definition) is 8. The number of aldehydes is 2. The fraction of sp³-hybridized carbons (Fsp3) is 0.400. The lowest BCUT2D eigenvalue weighted by molar-refractivity contribution is 0.111. The van der Waals surface area contributed by atoms with E-state index in [1.54, 1.807) is 6.92 Å². The lowest BCUT2D eigenvalue weighted by atomic mass is 9.99. The fourth-order valence-electron chi connectivity index (χ4n) is 3.40. The molecule has 8 heteroatoms. The topological polar surface area (TPSA) is 119 Å². The average Bonchev–Trinajstić information content (AvgIpc) is 3.24. The first-order valence-corrected chi connectivity index (χ1v) is 10.4. The van der Waals surface area contributed by atoms with Crippen LogP contribution < -0.4 is 4.74 Å². The molecule has 33 heavy (non-hydrogen) atoms. The van der Waals surface area contributed by atoms with Gasteiger partial charge in [0.1, 0.15) is 31.3 Å². The maximum atomic E-state index is 10.9. The molecule has 2 aromatic rings. The van der Waals surface area contributed by atoms with E-state index in [1.807, 2.05) is 46.8 Å². The number of carbonyl (C=O) groups excluding carboxylic acids is 3. The van der Waals surface area contributed by atoms with E-state index in [4.69, 9.17) is 9.84 Å². The number of aliphatic hydroxyl groups is 1. The summed E-state index contributed by atoms with van der Waals surface area (Å²) in [5.41, 5.74) is 6.46. The minimum absolute atomic E-state index is 0.0246. The molecule has 3 rings (SSSR count). The molecule has 1 fully saturated rings. The smallest absolute Gasteiger partial charge is 0.507 e. The van der Waals surface area contributed by atoms with Crippen LogP contribution in [0.25, 0.3) is 0 Å². The van der Waals surface area contributed by atoms with Crippen molar-refractivity contribution in [3.05, 3.63) is 56.6 Å². The highest BCUT2D eigenvalue weighted by atomic mass is 16.8. The van der Waals surface area contributed by atoms with E-state index in [-0.39, 0.29) is 19.0 Å². The quantitative estimate of drug-likeness (QED) is 0.506. The molecule has 8 nitrogen and oxygen atoms in total. The molecular formula is C25H32O8. The Kier molecular flexibility index (Phi) is 11.1. The molecule has 0 aromatic heterocycles. The molecule has 0 aliphatic carbocycles. The molecule has 2 N–H and O–H groups in total. The molecule has 0 saturated carbocycles. The second kappa shape index (κ2) is 13.2. The number of benzene rings is 2. The van der Waals surface area contributed by atoms with Gasteiger partial charge in [0.25, 0.3) is 0 Å². The van der Waals surface area contributed by atoms with Crippen molar-refractivity contribution in [2.75, 3.05) is 26.4 Å². The van der Waals surface area contributed by atoms with Gasteiger partial charge in [-0.1, -0.05) is 12.1 Å². The van der Waals surface area contributed by atoms with Crippen LogP contribution in [0.5, 0.6) is 11.5 Å². The van der Waals surface area contributed by atoms with E-state index >= 15 is 0 Å². The molecule has 0 radical (unpaired) electrons. The van der Waals surface area contributed by atoms with Gasteiger partial charge >= 0.3 is 6.16 Å². The number of aryl methyl sites for hydroxylation is 4. The third-order valence-electron chi connectivity index (χ3n) is 5.05. The molecule has 1 saturated heterocycles. The van der Waals surface area contributed by atoms with Crippen LogP contribution in [0.3, 0.4) is 0 Å². The van der Waals surface area contributed by atoms with E-state index < -0.39 is 6.16 Å². The molecule has 1 heterocycles. The van der Waals surface area contributed by atoms with Crippen LogP contribution >= 0.6 is 0 Å². The van der Waals surface area contributed by atoms with Crippen molar-refractivity contribution in [1.29, 1.82) is 0 Å². The molecule has 180 valence electrons. The van der Waals surface area contributed by atoms with E-state index in [0.717, 1.165) is 40.4 Å². The van der Waals surface area contributed by atoms with Crippen molar-refractivity contribution in [2.24, 2.45) is 0 Å². The van der Waals surface area contributed by atoms with Gasteiger partial charge in [-0.15, -0.1) is 0 Å². The van der Waals surface area contributed by atoms with E-state index in [2.05, 4.69) is 9.47 Å². The van der Waals surface area contributed by atoms with Crippen LogP contribution in [0.15, 0.2) is 12.1 Å². The normalized spacial score (nSPS) is 11.8. The highest BCUT2D eigenvalue weighted by Gasteiger charge is 2.11. The third kappa shape index (κ3) is 7.61. The van der Waals surface area contributed by atoms with Gasteiger partial charge in [-0.2, -0.15) is 0 Å². The average molecular weight is 461 g/mol. The van der Waals surface area contributed by atoms with Crippen LogP contribution in [0, 0.1) is 41.5 Å². The van der Waals surface area contributed by atoms with E-state index in [0.29, 0.717) is 35.7 Å². The number of hydrogen-bond donors (Lipinski definition) is 2. The number of cyclic esters (lactones) is 2. The van der Waals surface area contributed by atoms with Gasteiger partial charge in [-0.05, 0) is 63.8 Å². The van der Waals surface area contributed by atoms with E-state index in [1.165, 1.54) is 0 Å². The van der Waals surface area contributed by atoms with Gasteiger partial charge in [-0.25, -0.2) is 4.79 Å². The Labute approximate surface area is 194 Å². The first-order chi connectivity index (χ1) is 15.6. The summed E-state index contributed by atoms with van der Waals surface area (Å²) in [7, 11) is 0. The van der Waals surface area contributed by atoms with Crippen LogP contribution in [0.4, 0.5) is 4.79 Å². The standard InChI is InChI=1S/C12H16O3.C10H12O2.C3H4O3/c1-8-6-9(2)12(15-5-4-13)10(3)11(8)7-14;1-6-4-7(2)10(12)8(3)9(6)5-11;4-3-5-1-2-6-3/h6-7,13H,4-5H2,1-3H3;4-5,12H,1-3H3;1-2H2. The molecule has 2 aromatic carbocycles. The second-order valence-corrected chi connectivity index (χ2v) is 7.53. The summed E-state index contributed by atoms with van der Waals surface area (Å²) in [6.07, 6.45) is 1.08. The van der Waals surface area contributed by atoms with Crippen molar-refractivity contribution in [2.45, 2.75) is 41.5 Å². The van der Waals surface area contributed by atoms with Gasteiger partial charge in [0.15, 0.2) is 12.6 Å². The second-order valence-electron chi connectivity index (χ2n) is 7.53. The van der Waals surface area contributed by atoms with Gasteiger partial charge in [0.2, 0.25) is 0 Å². The molecule has 1 aliphatic rings. The van der Waals surface area contributed by atoms with Crippen molar-refractivity contribution in [1.82, 2.24) is 0 Å². The Morgan fingerprint density at radius 1 is 0.848 bits per heavy atom. The zero-order chi connectivity index (χ0) is 25.1. The van der Waals surface area contributed by atoms with Gasteiger partial charge < -0.3 is 24.4 Å². The summed E-state index contributed by atoms with van der Waals surface area (Å²) in [4.78, 5) is 31.3. The summed E-state index contributed by atoms with van der Waals surface area (Å²) >= 11 is 0. The molecular weight excluding hydrogens is 428 g/mol. The number of rotatable bonds is 5. The van der Waals surface area contributed by atoms with Crippen molar-refractivity contribution < 1.29 is 38.8 Å². The maximum absolute atomic E-state index is 10.9. The lowest BCUT2D eigenvalue weighted by Crippen LogP contribution is -2.06. The maximum Gasteiger partial charge on any atom is 0.508 e. The summed E-state index contributed by atoms with van der Waals surface area (Å²) < 4.78 is 14.0. The number of aliphatic hydroxyl groups excluding tert-OH is 1. The first-order valence-electron chi connectivity index (χ1n) is 10.4. The molecule has 0 bridgehead atoms. The zero-order valence-corrected chi connectivity index (χ0v) is 20.0. The molecule has 0 atom stereocenters.